The van der Waals surface area contributed by atoms with Crippen molar-refractivity contribution in [2.75, 3.05) is 6.54 Å². The fourth-order valence-corrected chi connectivity index (χ4v) is 5.00. The van der Waals surface area contributed by atoms with Gasteiger partial charge in [-0.15, -0.1) is 0 Å². The zero-order valence-electron chi connectivity index (χ0n) is 19.7. The summed E-state index contributed by atoms with van der Waals surface area (Å²) in [4.78, 5) is 36.7. The van der Waals surface area contributed by atoms with E-state index < -0.39 is 0 Å². The first-order valence-corrected chi connectivity index (χ1v) is 11.5. The lowest BCUT2D eigenvalue weighted by molar-refractivity contribution is 0.0707. The summed E-state index contributed by atoms with van der Waals surface area (Å²) in [6.07, 6.45) is 7.45. The summed E-state index contributed by atoms with van der Waals surface area (Å²) in [5, 5.41) is 0.897. The molecule has 0 bridgehead atoms. The van der Waals surface area contributed by atoms with E-state index in [2.05, 4.69) is 54.0 Å². The third-order valence-corrected chi connectivity index (χ3v) is 6.54. The minimum absolute atomic E-state index is 0.0319. The number of carbonyl (C=O) groups excluding carboxylic acids is 1. The molecule has 0 unspecified atom stereocenters. The molecule has 6 heterocycles. The van der Waals surface area contributed by atoms with Crippen molar-refractivity contribution in [2.24, 2.45) is 0 Å². The Hall–Kier alpha value is -4.01. The van der Waals surface area contributed by atoms with Crippen molar-refractivity contribution in [1.29, 1.82) is 0 Å². The third kappa shape index (κ3) is 3.19. The van der Waals surface area contributed by atoms with E-state index in [1.165, 1.54) is 0 Å². The van der Waals surface area contributed by atoms with E-state index in [1.807, 2.05) is 43.4 Å². The Balaban J connectivity index is 1.38. The Kier molecular flexibility index (Phi) is 4.55. The molecule has 0 aliphatic carbocycles. The number of nitrogens with one attached hydrogen (secondary N) is 1. The van der Waals surface area contributed by atoms with Gasteiger partial charge in [-0.05, 0) is 39.8 Å². The van der Waals surface area contributed by atoms with Gasteiger partial charge in [0.2, 0.25) is 0 Å². The Morgan fingerprint density at radius 2 is 1.94 bits per heavy atom. The molecule has 0 saturated heterocycles. The number of imidazole rings is 2. The molecule has 1 amide bonds. The van der Waals surface area contributed by atoms with Gasteiger partial charge in [0.25, 0.3) is 5.91 Å². The van der Waals surface area contributed by atoms with Crippen LogP contribution in [0.15, 0.2) is 36.9 Å². The second-order valence-electron chi connectivity index (χ2n) is 9.23. The van der Waals surface area contributed by atoms with Gasteiger partial charge in [0, 0.05) is 60.4 Å². The number of hydrogen-bond donors (Lipinski definition) is 1. The monoisotopic (exact) mass is 454 g/mol. The van der Waals surface area contributed by atoms with Crippen molar-refractivity contribution >= 4 is 28.1 Å². The number of fused-ring (bicyclic) bond motifs is 3. The normalized spacial score (nSPS) is 13.9. The van der Waals surface area contributed by atoms with E-state index in [-0.39, 0.29) is 11.9 Å². The number of aryl methyl sites for hydroxylation is 2. The van der Waals surface area contributed by atoms with Gasteiger partial charge in [-0.2, -0.15) is 0 Å². The second kappa shape index (κ2) is 7.51. The van der Waals surface area contributed by atoms with Crippen molar-refractivity contribution in [3.8, 4) is 11.1 Å². The summed E-state index contributed by atoms with van der Waals surface area (Å²) in [6, 6.07) is 4.32. The van der Waals surface area contributed by atoms with E-state index in [0.717, 1.165) is 57.2 Å². The van der Waals surface area contributed by atoms with Crippen molar-refractivity contribution in [1.82, 2.24) is 39.0 Å². The highest BCUT2D eigenvalue weighted by Gasteiger charge is 2.24. The van der Waals surface area contributed by atoms with Gasteiger partial charge in [0.15, 0.2) is 5.65 Å². The van der Waals surface area contributed by atoms with Crippen LogP contribution in [0, 0.1) is 13.8 Å². The number of pyridine rings is 2. The van der Waals surface area contributed by atoms with Crippen LogP contribution < -0.4 is 0 Å². The van der Waals surface area contributed by atoms with E-state index in [1.54, 1.807) is 6.20 Å². The average molecular weight is 455 g/mol. The van der Waals surface area contributed by atoms with E-state index in [0.29, 0.717) is 18.7 Å². The molecule has 5 aromatic heterocycles. The topological polar surface area (TPSA) is 97.5 Å². The lowest BCUT2D eigenvalue weighted by Gasteiger charge is -2.27. The van der Waals surface area contributed by atoms with Gasteiger partial charge in [-0.1, -0.05) is 0 Å². The molecule has 5 aromatic rings. The zero-order valence-corrected chi connectivity index (χ0v) is 19.7. The number of H-pyrrole nitrogens is 1. The molecule has 6 rings (SSSR count). The highest BCUT2D eigenvalue weighted by atomic mass is 16.2. The molecule has 0 spiro atoms. The maximum absolute atomic E-state index is 13.3. The lowest BCUT2D eigenvalue weighted by atomic mass is 10.1. The van der Waals surface area contributed by atoms with Gasteiger partial charge < -0.3 is 19.0 Å². The maximum atomic E-state index is 13.3. The summed E-state index contributed by atoms with van der Waals surface area (Å²) in [6.45, 7) is 10.2. The molecule has 9 nitrogen and oxygen atoms in total. The molecule has 172 valence electrons. The molecule has 0 saturated carbocycles. The smallest absolute Gasteiger partial charge is 0.255 e. The summed E-state index contributed by atoms with van der Waals surface area (Å²) >= 11 is 0. The van der Waals surface area contributed by atoms with Gasteiger partial charge >= 0.3 is 0 Å². The molecule has 0 atom stereocenters. The molecule has 0 radical (unpaired) electrons. The maximum Gasteiger partial charge on any atom is 0.255 e. The fourth-order valence-electron chi connectivity index (χ4n) is 5.00. The molecule has 0 aromatic carbocycles. The summed E-state index contributed by atoms with van der Waals surface area (Å²) in [5.41, 5.74) is 5.95. The van der Waals surface area contributed by atoms with Crippen LogP contribution in [-0.4, -0.2) is 51.4 Å². The lowest BCUT2D eigenvalue weighted by Crippen LogP contribution is -2.38. The molecule has 1 aliphatic heterocycles. The first kappa shape index (κ1) is 20.6. The second-order valence-corrected chi connectivity index (χ2v) is 9.23. The first-order valence-electron chi connectivity index (χ1n) is 11.5. The van der Waals surface area contributed by atoms with Gasteiger partial charge in [0.05, 0.1) is 23.3 Å². The minimum atomic E-state index is -0.0319. The molecular weight excluding hydrogens is 428 g/mol. The largest absolute Gasteiger partial charge is 0.346 e. The van der Waals surface area contributed by atoms with E-state index in [4.69, 9.17) is 0 Å². The number of rotatable bonds is 3. The van der Waals surface area contributed by atoms with Crippen LogP contribution in [0.5, 0.6) is 0 Å². The first-order chi connectivity index (χ1) is 16.4. The van der Waals surface area contributed by atoms with Crippen LogP contribution in [0.2, 0.25) is 0 Å². The summed E-state index contributed by atoms with van der Waals surface area (Å²) in [5.74, 6) is 1.83. The molecule has 0 fully saturated rings. The number of amides is 1. The number of aromatic nitrogens is 7. The van der Waals surface area contributed by atoms with Crippen molar-refractivity contribution in [3.63, 3.8) is 0 Å². The number of hydrogen-bond acceptors (Lipinski definition) is 5. The Bertz CT molecular complexity index is 1570. The van der Waals surface area contributed by atoms with Crippen LogP contribution in [0.1, 0.15) is 47.6 Å². The minimum Gasteiger partial charge on any atom is -0.346 e. The quantitative estimate of drug-likeness (QED) is 0.444. The van der Waals surface area contributed by atoms with Crippen LogP contribution in [0.3, 0.4) is 0 Å². The number of nitrogens with zero attached hydrogens (tertiary/aromatic N) is 7. The predicted octanol–water partition coefficient (Wildman–Crippen LogP) is 4.02. The summed E-state index contributed by atoms with van der Waals surface area (Å²) < 4.78 is 4.31. The van der Waals surface area contributed by atoms with E-state index in [9.17, 15) is 4.79 Å². The van der Waals surface area contributed by atoms with Crippen molar-refractivity contribution < 1.29 is 4.79 Å². The van der Waals surface area contributed by atoms with Gasteiger partial charge in [-0.3, -0.25) is 4.79 Å². The van der Waals surface area contributed by atoms with Crippen LogP contribution in [-0.2, 0) is 13.1 Å². The van der Waals surface area contributed by atoms with Crippen LogP contribution in [0.25, 0.3) is 33.3 Å². The number of aromatic amines is 1. The third-order valence-electron chi connectivity index (χ3n) is 6.54. The molecule has 34 heavy (non-hydrogen) atoms. The van der Waals surface area contributed by atoms with Crippen molar-refractivity contribution in [3.05, 3.63) is 59.8 Å². The summed E-state index contributed by atoms with van der Waals surface area (Å²) in [7, 11) is 0. The average Bonchev–Trinajstić information content (AvgIpc) is 3.49. The Morgan fingerprint density at radius 3 is 2.76 bits per heavy atom. The van der Waals surface area contributed by atoms with Crippen LogP contribution in [0.4, 0.5) is 0 Å². The molecule has 1 aliphatic rings. The number of carbonyl (C=O) groups is 1. The van der Waals surface area contributed by atoms with Crippen LogP contribution >= 0.6 is 0 Å². The van der Waals surface area contributed by atoms with Gasteiger partial charge in [-0.25, -0.2) is 19.9 Å². The van der Waals surface area contributed by atoms with Crippen molar-refractivity contribution in [2.45, 2.75) is 46.8 Å². The molecule has 1 N–H and O–H groups in total. The Labute approximate surface area is 196 Å². The van der Waals surface area contributed by atoms with E-state index >= 15 is 0 Å². The zero-order chi connectivity index (χ0) is 23.6. The predicted molar refractivity (Wildman–Crippen MR) is 129 cm³/mol. The highest BCUT2D eigenvalue weighted by Crippen LogP contribution is 2.31. The SMILES string of the molecule is Cc1cn2c(n1)CN(C(=O)c1cnc3[nH]cc(-c4cnc5nc(C)n(C(C)C)c5c4)c3c1)CC2. The molecule has 9 heteroatoms. The standard InChI is InChI=1S/C25H26N8O/c1-14(2)33-16(4)30-24-21(33)8-17(9-27-24)20-11-28-23-19(20)7-18(10-26-23)25(34)32-6-5-31-12-15(3)29-22(31)13-32/h7-12,14H,5-6,13H2,1-4H3,(H,26,28). The highest BCUT2D eigenvalue weighted by molar-refractivity contribution is 6.01. The Morgan fingerprint density at radius 1 is 1.09 bits per heavy atom. The molecular formula is C25H26N8O. The fraction of sp³-hybridized carbons (Fsp3) is 0.320. The van der Waals surface area contributed by atoms with Gasteiger partial charge in [0.1, 0.15) is 17.3 Å².